The van der Waals surface area contributed by atoms with Gasteiger partial charge in [-0.3, -0.25) is 0 Å². The van der Waals surface area contributed by atoms with Crippen LogP contribution in [0.1, 0.15) is 10.5 Å². The van der Waals surface area contributed by atoms with Gasteiger partial charge in [0.2, 0.25) is 0 Å². The van der Waals surface area contributed by atoms with Crippen LogP contribution in [0.15, 0.2) is 36.5 Å². The van der Waals surface area contributed by atoms with Gasteiger partial charge in [0, 0.05) is 22.5 Å². The van der Waals surface area contributed by atoms with Gasteiger partial charge in [-0.05, 0) is 12.1 Å². The van der Waals surface area contributed by atoms with Crippen LogP contribution < -0.4 is 0 Å². The fourth-order valence-electron chi connectivity index (χ4n) is 1.96. The maximum atomic E-state index is 11.4. The number of ether oxygens (including phenoxy) is 1. The van der Waals surface area contributed by atoms with E-state index in [1.165, 1.54) is 7.11 Å². The molecule has 84 valence electrons. The average Bonchev–Trinajstić information content (AvgIpc) is 2.75. The predicted molar refractivity (Wildman–Crippen MR) is 64.9 cm³/mol. The average molecular weight is 226 g/mol. The number of carbonyl (C=O) groups is 1. The smallest absolute Gasteiger partial charge is 0.356 e. The van der Waals surface area contributed by atoms with Crippen LogP contribution in [-0.4, -0.2) is 23.0 Å². The van der Waals surface area contributed by atoms with E-state index in [-0.39, 0.29) is 0 Å². The molecule has 1 N–H and O–H groups in total. The van der Waals surface area contributed by atoms with Crippen molar-refractivity contribution in [2.24, 2.45) is 0 Å². The highest BCUT2D eigenvalue weighted by atomic mass is 16.5. The van der Waals surface area contributed by atoms with Crippen molar-refractivity contribution in [3.63, 3.8) is 0 Å². The molecule has 3 rings (SSSR count). The molecule has 0 atom stereocenters. The Labute approximate surface area is 97.2 Å². The number of esters is 1. The summed E-state index contributed by atoms with van der Waals surface area (Å²) in [5, 5.41) is 2.11. The van der Waals surface area contributed by atoms with Crippen molar-refractivity contribution in [2.45, 2.75) is 0 Å². The summed E-state index contributed by atoms with van der Waals surface area (Å²) in [6, 6.07) is 9.66. The van der Waals surface area contributed by atoms with E-state index >= 15 is 0 Å². The SMILES string of the molecule is COC(=O)c1cc2[nH]c3ccccc3c2cn1. The van der Waals surface area contributed by atoms with Crippen LogP contribution in [0.2, 0.25) is 0 Å². The fraction of sp³-hybridized carbons (Fsp3) is 0.0769. The summed E-state index contributed by atoms with van der Waals surface area (Å²) in [5.74, 6) is -0.425. The standard InChI is InChI=1S/C13H10N2O2/c1-17-13(16)12-6-11-9(7-14-12)8-4-2-3-5-10(8)15-11/h2-7,15H,1H3. The first-order valence-corrected chi connectivity index (χ1v) is 5.24. The Morgan fingerprint density at radius 2 is 2.06 bits per heavy atom. The molecule has 0 saturated heterocycles. The molecule has 0 spiro atoms. The fourth-order valence-corrected chi connectivity index (χ4v) is 1.96. The number of nitrogens with zero attached hydrogens (tertiary/aromatic N) is 1. The summed E-state index contributed by atoms with van der Waals surface area (Å²) >= 11 is 0. The largest absolute Gasteiger partial charge is 0.464 e. The monoisotopic (exact) mass is 226 g/mol. The zero-order valence-corrected chi connectivity index (χ0v) is 9.23. The lowest BCUT2D eigenvalue weighted by molar-refractivity contribution is 0.0594. The van der Waals surface area contributed by atoms with Gasteiger partial charge in [-0.25, -0.2) is 9.78 Å². The summed E-state index contributed by atoms with van der Waals surface area (Å²) in [6.45, 7) is 0. The van der Waals surface area contributed by atoms with Gasteiger partial charge in [0.05, 0.1) is 12.6 Å². The van der Waals surface area contributed by atoms with Crippen molar-refractivity contribution in [3.05, 3.63) is 42.2 Å². The molecule has 0 fully saturated rings. The molecule has 0 bridgehead atoms. The number of para-hydroxylation sites is 1. The van der Waals surface area contributed by atoms with Crippen LogP contribution in [0.3, 0.4) is 0 Å². The summed E-state index contributed by atoms with van der Waals surface area (Å²) < 4.78 is 4.64. The Kier molecular flexibility index (Phi) is 2.08. The number of benzene rings is 1. The van der Waals surface area contributed by atoms with E-state index in [4.69, 9.17) is 0 Å². The summed E-state index contributed by atoms with van der Waals surface area (Å²) in [6.07, 6.45) is 1.69. The lowest BCUT2D eigenvalue weighted by Gasteiger charge is -1.97. The second-order valence-corrected chi connectivity index (χ2v) is 3.78. The van der Waals surface area contributed by atoms with Gasteiger partial charge >= 0.3 is 5.97 Å². The van der Waals surface area contributed by atoms with Crippen LogP contribution in [0, 0.1) is 0 Å². The number of pyridine rings is 1. The molecule has 2 aromatic heterocycles. The van der Waals surface area contributed by atoms with E-state index in [9.17, 15) is 4.79 Å². The Bertz CT molecular complexity index is 716. The van der Waals surface area contributed by atoms with Crippen LogP contribution in [0.25, 0.3) is 21.8 Å². The van der Waals surface area contributed by atoms with E-state index < -0.39 is 5.97 Å². The van der Waals surface area contributed by atoms with Gasteiger partial charge in [0.1, 0.15) is 5.69 Å². The summed E-state index contributed by atoms with van der Waals surface area (Å²) in [7, 11) is 1.35. The highest BCUT2D eigenvalue weighted by Crippen LogP contribution is 2.24. The quantitative estimate of drug-likeness (QED) is 0.648. The zero-order valence-electron chi connectivity index (χ0n) is 9.23. The zero-order chi connectivity index (χ0) is 11.8. The Hall–Kier alpha value is -2.36. The number of nitrogens with one attached hydrogen (secondary N) is 1. The molecule has 0 amide bonds. The van der Waals surface area contributed by atoms with Crippen LogP contribution in [0.5, 0.6) is 0 Å². The first-order chi connectivity index (χ1) is 8.29. The molecule has 4 nitrogen and oxygen atoms in total. The maximum Gasteiger partial charge on any atom is 0.356 e. The van der Waals surface area contributed by atoms with E-state index in [0.29, 0.717) is 5.69 Å². The molecule has 0 radical (unpaired) electrons. The van der Waals surface area contributed by atoms with Gasteiger partial charge in [-0.2, -0.15) is 0 Å². The van der Waals surface area contributed by atoms with E-state index in [0.717, 1.165) is 21.8 Å². The lowest BCUT2D eigenvalue weighted by atomic mass is 10.2. The molecule has 17 heavy (non-hydrogen) atoms. The van der Waals surface area contributed by atoms with E-state index in [2.05, 4.69) is 14.7 Å². The van der Waals surface area contributed by atoms with Gasteiger partial charge < -0.3 is 9.72 Å². The highest BCUT2D eigenvalue weighted by Gasteiger charge is 2.10. The number of carbonyl (C=O) groups excluding carboxylic acids is 1. The van der Waals surface area contributed by atoms with Gasteiger partial charge in [0.25, 0.3) is 0 Å². The first kappa shape index (κ1) is 9.84. The Morgan fingerprint density at radius 3 is 2.88 bits per heavy atom. The normalized spacial score (nSPS) is 10.9. The maximum absolute atomic E-state index is 11.4. The second-order valence-electron chi connectivity index (χ2n) is 3.78. The molecule has 4 heteroatoms. The first-order valence-electron chi connectivity index (χ1n) is 5.24. The van der Waals surface area contributed by atoms with Crippen LogP contribution >= 0.6 is 0 Å². The van der Waals surface area contributed by atoms with Gasteiger partial charge in [-0.15, -0.1) is 0 Å². The van der Waals surface area contributed by atoms with Gasteiger partial charge in [0.15, 0.2) is 0 Å². The molecular formula is C13H10N2O2. The molecule has 1 aromatic carbocycles. The Balaban J connectivity index is 2.30. The minimum Gasteiger partial charge on any atom is -0.464 e. The van der Waals surface area contributed by atoms with Crippen LogP contribution in [-0.2, 0) is 4.74 Å². The molecule has 3 aromatic rings. The summed E-state index contributed by atoms with van der Waals surface area (Å²) in [5.41, 5.74) is 2.24. The van der Waals surface area contributed by atoms with E-state index in [1.54, 1.807) is 12.3 Å². The van der Waals surface area contributed by atoms with E-state index in [1.807, 2.05) is 24.3 Å². The predicted octanol–water partition coefficient (Wildman–Crippen LogP) is 2.50. The molecule has 0 aliphatic heterocycles. The third-order valence-corrected chi connectivity index (χ3v) is 2.79. The van der Waals surface area contributed by atoms with Gasteiger partial charge in [-0.1, -0.05) is 18.2 Å². The molecule has 0 aliphatic carbocycles. The van der Waals surface area contributed by atoms with Crippen molar-refractivity contribution in [1.29, 1.82) is 0 Å². The minimum atomic E-state index is -0.425. The highest BCUT2D eigenvalue weighted by molar-refractivity contribution is 6.07. The Morgan fingerprint density at radius 1 is 1.24 bits per heavy atom. The number of hydrogen-bond donors (Lipinski definition) is 1. The third-order valence-electron chi connectivity index (χ3n) is 2.79. The van der Waals surface area contributed by atoms with Crippen molar-refractivity contribution < 1.29 is 9.53 Å². The number of aromatic amines is 1. The molecule has 2 heterocycles. The molecule has 0 saturated carbocycles. The van der Waals surface area contributed by atoms with Crippen molar-refractivity contribution in [3.8, 4) is 0 Å². The number of fused-ring (bicyclic) bond motifs is 3. The summed E-state index contributed by atoms with van der Waals surface area (Å²) in [4.78, 5) is 18.7. The number of hydrogen-bond acceptors (Lipinski definition) is 3. The topological polar surface area (TPSA) is 55.0 Å². The number of H-pyrrole nitrogens is 1. The van der Waals surface area contributed by atoms with Crippen molar-refractivity contribution >= 4 is 27.8 Å². The number of rotatable bonds is 1. The second kappa shape index (κ2) is 3.59. The number of aromatic nitrogens is 2. The molecule has 0 unspecified atom stereocenters. The number of methoxy groups -OCH3 is 1. The molecular weight excluding hydrogens is 216 g/mol. The van der Waals surface area contributed by atoms with Crippen LogP contribution in [0.4, 0.5) is 0 Å². The third kappa shape index (κ3) is 1.45. The minimum absolute atomic E-state index is 0.312. The lowest BCUT2D eigenvalue weighted by Crippen LogP contribution is -2.03. The molecule has 0 aliphatic rings. The van der Waals surface area contributed by atoms with Crippen molar-refractivity contribution in [1.82, 2.24) is 9.97 Å². The van der Waals surface area contributed by atoms with Crippen molar-refractivity contribution in [2.75, 3.05) is 7.11 Å².